The lowest BCUT2D eigenvalue weighted by molar-refractivity contribution is -0.155. The average molecular weight is 336 g/mol. The zero-order valence-electron chi connectivity index (χ0n) is 15.5. The maximum atomic E-state index is 12.2. The minimum Gasteiger partial charge on any atom is -0.469 e. The highest BCUT2D eigenvalue weighted by Crippen LogP contribution is 2.39. The number of rotatable bonds is 4. The van der Waals surface area contributed by atoms with Gasteiger partial charge >= 0.3 is 5.97 Å². The number of aliphatic hydroxyl groups is 1. The number of carbonyl (C=O) groups is 2. The molecule has 1 aromatic rings. The van der Waals surface area contributed by atoms with Gasteiger partial charge in [0.1, 0.15) is 5.82 Å². The monoisotopic (exact) mass is 336 g/mol. The lowest BCUT2D eigenvalue weighted by atomic mass is 9.75. The van der Waals surface area contributed by atoms with E-state index in [1.807, 2.05) is 20.8 Å². The maximum absolute atomic E-state index is 12.2. The van der Waals surface area contributed by atoms with Gasteiger partial charge in [0.05, 0.1) is 19.1 Å². The Balaban J connectivity index is 3.25. The molecular formula is C18H28N2O4. The summed E-state index contributed by atoms with van der Waals surface area (Å²) in [6.07, 6.45) is 0.375. The topological polar surface area (TPSA) is 88.5 Å². The number of hydrogen-bond donors (Lipinski definition) is 2. The predicted octanol–water partition coefficient (Wildman–Crippen LogP) is 2.93. The van der Waals surface area contributed by atoms with E-state index >= 15 is 0 Å². The highest BCUT2D eigenvalue weighted by molar-refractivity contribution is 5.94. The first-order valence-corrected chi connectivity index (χ1v) is 7.92. The van der Waals surface area contributed by atoms with Gasteiger partial charge in [-0.15, -0.1) is 0 Å². The number of hydrogen-bond acceptors (Lipinski definition) is 5. The van der Waals surface area contributed by atoms with Crippen LogP contribution in [-0.2, 0) is 14.3 Å². The molecule has 0 radical (unpaired) electrons. The molecule has 6 nitrogen and oxygen atoms in total. The molecule has 0 bridgehead atoms. The van der Waals surface area contributed by atoms with E-state index in [1.165, 1.54) is 13.3 Å². The van der Waals surface area contributed by atoms with Gasteiger partial charge in [-0.2, -0.15) is 0 Å². The van der Waals surface area contributed by atoms with Gasteiger partial charge in [-0.05, 0) is 11.5 Å². The molecule has 1 aromatic heterocycles. The molecule has 0 fully saturated rings. The van der Waals surface area contributed by atoms with Gasteiger partial charge in [0, 0.05) is 17.2 Å². The van der Waals surface area contributed by atoms with Crippen molar-refractivity contribution in [2.45, 2.75) is 47.6 Å². The molecule has 1 rings (SSSR count). The number of esters is 1. The van der Waals surface area contributed by atoms with Crippen molar-refractivity contribution in [2.75, 3.05) is 12.4 Å². The number of nitrogens with zero attached hydrogens (tertiary/aromatic N) is 1. The third kappa shape index (κ3) is 4.77. The van der Waals surface area contributed by atoms with Crippen molar-refractivity contribution in [3.63, 3.8) is 0 Å². The van der Waals surface area contributed by atoms with Crippen molar-refractivity contribution >= 4 is 17.7 Å². The summed E-state index contributed by atoms with van der Waals surface area (Å²) in [6.45, 7) is 10.9. The fourth-order valence-electron chi connectivity index (χ4n) is 2.32. The first kappa shape index (κ1) is 20.1. The lowest BCUT2D eigenvalue weighted by Gasteiger charge is -2.33. The summed E-state index contributed by atoms with van der Waals surface area (Å²) in [5.41, 5.74) is -0.750. The molecule has 24 heavy (non-hydrogen) atoms. The van der Waals surface area contributed by atoms with Crippen molar-refractivity contribution < 1.29 is 19.4 Å². The highest BCUT2D eigenvalue weighted by atomic mass is 16.5. The smallest absolute Gasteiger partial charge is 0.312 e. The van der Waals surface area contributed by atoms with Gasteiger partial charge in [0.25, 0.3) is 0 Å². The second kappa shape index (κ2) is 7.30. The zero-order valence-corrected chi connectivity index (χ0v) is 15.5. The quantitative estimate of drug-likeness (QED) is 0.825. The highest BCUT2D eigenvalue weighted by Gasteiger charge is 2.40. The van der Waals surface area contributed by atoms with Gasteiger partial charge in [-0.25, -0.2) is 4.98 Å². The summed E-state index contributed by atoms with van der Waals surface area (Å²) in [5, 5.41) is 13.6. The van der Waals surface area contributed by atoms with Gasteiger partial charge < -0.3 is 15.2 Å². The number of pyridine rings is 1. The van der Waals surface area contributed by atoms with Crippen LogP contribution in [0.4, 0.5) is 5.82 Å². The van der Waals surface area contributed by atoms with Crippen LogP contribution in [0.3, 0.4) is 0 Å². The summed E-state index contributed by atoms with van der Waals surface area (Å²) < 4.78 is 4.85. The molecule has 2 N–H and O–H groups in total. The fourth-order valence-corrected chi connectivity index (χ4v) is 2.32. The van der Waals surface area contributed by atoms with E-state index in [0.29, 0.717) is 5.56 Å². The first-order chi connectivity index (χ1) is 10.9. The van der Waals surface area contributed by atoms with E-state index in [4.69, 9.17) is 4.74 Å². The summed E-state index contributed by atoms with van der Waals surface area (Å²) in [5.74, 6) is -1.27. The van der Waals surface area contributed by atoms with Gasteiger partial charge in [0.15, 0.2) is 0 Å². The van der Waals surface area contributed by atoms with E-state index < -0.39 is 28.8 Å². The van der Waals surface area contributed by atoms with Gasteiger partial charge in [-0.3, -0.25) is 9.59 Å². The summed E-state index contributed by atoms with van der Waals surface area (Å²) in [4.78, 5) is 28.6. The second-order valence-electron chi connectivity index (χ2n) is 7.96. The van der Waals surface area contributed by atoms with Gasteiger partial charge in [-0.1, -0.05) is 47.6 Å². The molecule has 0 aliphatic carbocycles. The molecule has 1 heterocycles. The number of aliphatic hydroxyl groups excluding tert-OH is 1. The lowest BCUT2D eigenvalue weighted by Crippen LogP contribution is -2.36. The third-order valence-corrected chi connectivity index (χ3v) is 3.77. The molecule has 0 unspecified atom stereocenters. The van der Waals surface area contributed by atoms with Crippen LogP contribution in [-0.4, -0.2) is 29.1 Å². The van der Waals surface area contributed by atoms with Crippen LogP contribution in [0.15, 0.2) is 18.3 Å². The first-order valence-electron chi connectivity index (χ1n) is 7.92. The Morgan fingerprint density at radius 1 is 1.21 bits per heavy atom. The number of nitrogens with one attached hydrogen (secondary N) is 1. The molecule has 0 aliphatic rings. The zero-order chi connectivity index (χ0) is 18.7. The molecule has 0 aliphatic heterocycles. The number of anilines is 1. The number of carbonyl (C=O) groups excluding carboxylic acids is 2. The fraction of sp³-hybridized carbons (Fsp3) is 0.611. The number of amides is 1. The van der Waals surface area contributed by atoms with E-state index in [0.717, 1.165) is 0 Å². The molecular weight excluding hydrogens is 308 g/mol. The second-order valence-corrected chi connectivity index (χ2v) is 7.96. The molecule has 134 valence electrons. The van der Waals surface area contributed by atoms with Crippen LogP contribution in [0.5, 0.6) is 0 Å². The minimum absolute atomic E-state index is 0.222. The third-order valence-electron chi connectivity index (χ3n) is 3.77. The van der Waals surface area contributed by atoms with Crippen LogP contribution >= 0.6 is 0 Å². The molecule has 2 atom stereocenters. The van der Waals surface area contributed by atoms with Crippen LogP contribution in [0.1, 0.15) is 53.2 Å². The van der Waals surface area contributed by atoms with Crippen molar-refractivity contribution in [2.24, 2.45) is 16.7 Å². The molecule has 1 amide bonds. The Kier molecular flexibility index (Phi) is 6.11. The van der Waals surface area contributed by atoms with Crippen molar-refractivity contribution in [1.29, 1.82) is 0 Å². The summed E-state index contributed by atoms with van der Waals surface area (Å²) in [7, 11) is 1.29. The summed E-state index contributed by atoms with van der Waals surface area (Å²) >= 11 is 0. The SMILES string of the molecule is COC(=O)[C@H]([C@@H](O)c1cccnc1NC(=O)C(C)(C)C)C(C)(C)C. The molecule has 0 aromatic carbocycles. The molecule has 0 spiro atoms. The number of aromatic nitrogens is 1. The Hall–Kier alpha value is -1.95. The van der Waals surface area contributed by atoms with E-state index in [2.05, 4.69) is 10.3 Å². The van der Waals surface area contributed by atoms with Crippen LogP contribution in [0.2, 0.25) is 0 Å². The normalized spacial score (nSPS) is 14.7. The molecule has 6 heteroatoms. The van der Waals surface area contributed by atoms with E-state index in [9.17, 15) is 14.7 Å². The predicted molar refractivity (Wildman–Crippen MR) is 92.2 cm³/mol. The molecule has 0 saturated carbocycles. The van der Waals surface area contributed by atoms with E-state index in [1.54, 1.807) is 32.9 Å². The Morgan fingerprint density at radius 3 is 2.25 bits per heavy atom. The van der Waals surface area contributed by atoms with Crippen molar-refractivity contribution in [3.8, 4) is 0 Å². The Morgan fingerprint density at radius 2 is 1.79 bits per heavy atom. The van der Waals surface area contributed by atoms with Crippen molar-refractivity contribution in [3.05, 3.63) is 23.9 Å². The van der Waals surface area contributed by atoms with Gasteiger partial charge in [0.2, 0.25) is 5.91 Å². The Bertz CT molecular complexity index is 600. The van der Waals surface area contributed by atoms with Crippen molar-refractivity contribution in [1.82, 2.24) is 4.98 Å². The standard InChI is InChI=1S/C18H28N2O4/c1-17(2,3)12(15(22)24-7)13(21)11-9-8-10-19-14(11)20-16(23)18(4,5)6/h8-10,12-13,21H,1-7H3,(H,19,20,23)/t12-,13-/m0/s1. The van der Waals surface area contributed by atoms with Crippen LogP contribution in [0.25, 0.3) is 0 Å². The minimum atomic E-state index is -1.15. The average Bonchev–Trinajstić information content (AvgIpc) is 2.45. The van der Waals surface area contributed by atoms with E-state index in [-0.39, 0.29) is 11.7 Å². The maximum Gasteiger partial charge on any atom is 0.312 e. The molecule has 0 saturated heterocycles. The Labute approximate surface area is 143 Å². The number of methoxy groups -OCH3 is 1. The number of ether oxygens (including phenoxy) is 1. The van der Waals surface area contributed by atoms with Crippen LogP contribution in [0, 0.1) is 16.7 Å². The largest absolute Gasteiger partial charge is 0.469 e. The van der Waals surface area contributed by atoms with Crippen LogP contribution < -0.4 is 5.32 Å². The summed E-state index contributed by atoms with van der Waals surface area (Å²) in [6, 6.07) is 3.31.